The number of hydrogen-bond acceptors (Lipinski definition) is 4. The van der Waals surface area contributed by atoms with Crippen molar-refractivity contribution in [3.8, 4) is 0 Å². The zero-order valence-electron chi connectivity index (χ0n) is 21.9. The Kier molecular flexibility index (Phi) is 10.4. The quantitative estimate of drug-likeness (QED) is 0.312. The largest absolute Gasteiger partial charge is 0.386 e. The Bertz CT molecular complexity index is 1090. The van der Waals surface area contributed by atoms with Gasteiger partial charge in [0, 0.05) is 41.8 Å². The molecule has 1 atom stereocenters. The Morgan fingerprint density at radius 1 is 1.06 bits per heavy atom. The van der Waals surface area contributed by atoms with E-state index in [1.165, 1.54) is 18.3 Å². The summed E-state index contributed by atoms with van der Waals surface area (Å²) in [6.07, 6.45) is 3.21. The summed E-state index contributed by atoms with van der Waals surface area (Å²) < 4.78 is 28.4. The maximum Gasteiger partial charge on any atom is 0.251 e. The van der Waals surface area contributed by atoms with Crippen molar-refractivity contribution in [2.24, 2.45) is 10.9 Å². The summed E-state index contributed by atoms with van der Waals surface area (Å²) in [5.74, 6) is -1.33. The van der Waals surface area contributed by atoms with E-state index in [2.05, 4.69) is 34.8 Å². The van der Waals surface area contributed by atoms with Crippen molar-refractivity contribution < 1.29 is 13.6 Å². The molecule has 0 aliphatic heterocycles. The molecule has 2 aromatic rings. The van der Waals surface area contributed by atoms with Crippen molar-refractivity contribution in [2.45, 2.75) is 60.4 Å². The second-order valence-corrected chi connectivity index (χ2v) is 9.30. The fourth-order valence-electron chi connectivity index (χ4n) is 3.88. The number of hydrogen-bond donors (Lipinski definition) is 3. The average molecular weight is 485 g/mol. The second kappa shape index (κ2) is 13.0. The SMILES string of the molecule is CCc1cc(NC/C(C)=N/C=C(\C)c2ccc(NC)c(F)c2F)ccc1C(=O)N[C@@H](C)CC(C)C. The lowest BCUT2D eigenvalue weighted by molar-refractivity contribution is 0.0935. The van der Waals surface area contributed by atoms with Crippen LogP contribution >= 0.6 is 0 Å². The fraction of sp³-hybridized carbons (Fsp3) is 0.429. The monoisotopic (exact) mass is 484 g/mol. The number of carbonyl (C=O) groups excluding carboxylic acids is 1. The molecular weight excluding hydrogens is 446 g/mol. The van der Waals surface area contributed by atoms with Crippen molar-refractivity contribution in [1.82, 2.24) is 5.32 Å². The van der Waals surface area contributed by atoms with Gasteiger partial charge in [-0.05, 0) is 81.0 Å². The molecule has 5 nitrogen and oxygen atoms in total. The molecule has 0 radical (unpaired) electrons. The molecule has 0 unspecified atom stereocenters. The lowest BCUT2D eigenvalue weighted by Crippen LogP contribution is -2.34. The highest BCUT2D eigenvalue weighted by molar-refractivity contribution is 5.96. The molecule has 0 aliphatic rings. The summed E-state index contributed by atoms with van der Waals surface area (Å²) >= 11 is 0. The lowest BCUT2D eigenvalue weighted by atomic mass is 10.0. The van der Waals surface area contributed by atoms with Gasteiger partial charge in [0.1, 0.15) is 0 Å². The Morgan fingerprint density at radius 2 is 1.74 bits per heavy atom. The molecule has 0 spiro atoms. The topological polar surface area (TPSA) is 65.5 Å². The summed E-state index contributed by atoms with van der Waals surface area (Å²) in [5.41, 5.74) is 4.14. The standard InChI is InChI=1S/C28H38F2N4O/c1-8-21-14-22(9-10-24(21)28(35)34-19(5)13-17(2)3)33-16-20(6)32-15-18(4)23-11-12-25(31-7)27(30)26(23)29/h9-12,14-15,17,19,31,33H,8,13,16H2,1-7H3,(H,34,35)/b18-15+,32-20+/t19-/m0/s1. The van der Waals surface area contributed by atoms with Gasteiger partial charge >= 0.3 is 0 Å². The summed E-state index contributed by atoms with van der Waals surface area (Å²) in [6, 6.07) is 8.87. The van der Waals surface area contributed by atoms with Crippen LogP contribution in [-0.4, -0.2) is 31.3 Å². The van der Waals surface area contributed by atoms with E-state index in [-0.39, 0.29) is 23.2 Å². The number of rotatable bonds is 11. The molecule has 1 amide bonds. The smallest absolute Gasteiger partial charge is 0.251 e. The first kappa shape index (κ1) is 28.0. The first-order chi connectivity index (χ1) is 16.6. The van der Waals surface area contributed by atoms with Crippen molar-refractivity contribution >= 4 is 28.6 Å². The number of benzene rings is 2. The normalized spacial score (nSPS) is 13.1. The van der Waals surface area contributed by atoms with Gasteiger partial charge in [0.25, 0.3) is 5.91 Å². The van der Waals surface area contributed by atoms with Gasteiger partial charge in [-0.25, -0.2) is 8.78 Å². The van der Waals surface area contributed by atoms with Gasteiger partial charge in [-0.3, -0.25) is 9.79 Å². The predicted molar refractivity (Wildman–Crippen MR) is 143 cm³/mol. The molecule has 0 saturated heterocycles. The highest BCUT2D eigenvalue weighted by Gasteiger charge is 2.15. The molecule has 0 saturated carbocycles. The average Bonchev–Trinajstić information content (AvgIpc) is 2.81. The van der Waals surface area contributed by atoms with Crippen molar-refractivity contribution in [1.29, 1.82) is 0 Å². The molecule has 190 valence electrons. The van der Waals surface area contributed by atoms with E-state index in [1.807, 2.05) is 39.0 Å². The highest BCUT2D eigenvalue weighted by Crippen LogP contribution is 2.25. The van der Waals surface area contributed by atoms with Crippen LogP contribution in [0.25, 0.3) is 5.57 Å². The summed E-state index contributed by atoms with van der Waals surface area (Å²) in [4.78, 5) is 17.1. The molecule has 7 heteroatoms. The van der Waals surface area contributed by atoms with Crippen LogP contribution in [0.4, 0.5) is 20.2 Å². The number of nitrogens with zero attached hydrogens (tertiary/aromatic N) is 1. The van der Waals surface area contributed by atoms with Crippen LogP contribution in [0.15, 0.2) is 41.5 Å². The zero-order chi connectivity index (χ0) is 26.1. The van der Waals surface area contributed by atoms with Crippen LogP contribution < -0.4 is 16.0 Å². The molecule has 35 heavy (non-hydrogen) atoms. The fourth-order valence-corrected chi connectivity index (χ4v) is 3.88. The second-order valence-electron chi connectivity index (χ2n) is 9.30. The minimum atomic E-state index is -0.904. The molecule has 2 rings (SSSR count). The van der Waals surface area contributed by atoms with Gasteiger partial charge in [-0.1, -0.05) is 20.8 Å². The number of amides is 1. The van der Waals surface area contributed by atoms with Crippen LogP contribution in [0, 0.1) is 17.6 Å². The summed E-state index contributed by atoms with van der Waals surface area (Å²) in [6.45, 7) is 12.4. The third-order valence-corrected chi connectivity index (χ3v) is 5.74. The van der Waals surface area contributed by atoms with E-state index in [4.69, 9.17) is 0 Å². The Morgan fingerprint density at radius 3 is 2.37 bits per heavy atom. The van der Waals surface area contributed by atoms with Crippen LogP contribution in [-0.2, 0) is 6.42 Å². The van der Waals surface area contributed by atoms with Crippen LogP contribution in [0.5, 0.6) is 0 Å². The zero-order valence-corrected chi connectivity index (χ0v) is 21.9. The van der Waals surface area contributed by atoms with Gasteiger partial charge in [-0.2, -0.15) is 0 Å². The van der Waals surface area contributed by atoms with Crippen molar-refractivity contribution in [3.63, 3.8) is 0 Å². The van der Waals surface area contributed by atoms with E-state index < -0.39 is 11.6 Å². The number of anilines is 2. The molecule has 0 aliphatic carbocycles. The molecule has 0 aromatic heterocycles. The predicted octanol–water partition coefficient (Wildman–Crippen LogP) is 6.67. The Labute approximate surface area is 208 Å². The van der Waals surface area contributed by atoms with Crippen LogP contribution in [0.3, 0.4) is 0 Å². The maximum atomic E-state index is 14.3. The van der Waals surface area contributed by atoms with Crippen molar-refractivity contribution in [2.75, 3.05) is 24.2 Å². The number of halogens is 2. The molecular formula is C28H38F2N4O. The van der Waals surface area contributed by atoms with E-state index >= 15 is 0 Å². The number of carbonyl (C=O) groups is 1. The molecule has 2 aromatic carbocycles. The highest BCUT2D eigenvalue weighted by atomic mass is 19.2. The molecule has 0 fully saturated rings. The van der Waals surface area contributed by atoms with E-state index in [1.54, 1.807) is 14.0 Å². The Hall–Kier alpha value is -3.22. The van der Waals surface area contributed by atoms with Crippen molar-refractivity contribution in [3.05, 3.63) is 64.9 Å². The van der Waals surface area contributed by atoms with Gasteiger partial charge in [0.15, 0.2) is 11.6 Å². The van der Waals surface area contributed by atoms with E-state index in [0.29, 0.717) is 23.6 Å². The van der Waals surface area contributed by atoms with Gasteiger partial charge in [0.05, 0.1) is 12.2 Å². The van der Waals surface area contributed by atoms with Gasteiger partial charge < -0.3 is 16.0 Å². The number of aryl methyl sites for hydroxylation is 1. The molecule has 0 bridgehead atoms. The third kappa shape index (κ3) is 7.91. The van der Waals surface area contributed by atoms with Crippen LogP contribution in [0.2, 0.25) is 0 Å². The third-order valence-electron chi connectivity index (χ3n) is 5.74. The summed E-state index contributed by atoms with van der Waals surface area (Å²) in [7, 11) is 1.54. The minimum Gasteiger partial charge on any atom is -0.386 e. The molecule has 0 heterocycles. The lowest BCUT2D eigenvalue weighted by Gasteiger charge is -2.18. The van der Waals surface area contributed by atoms with Gasteiger partial charge in [0.2, 0.25) is 0 Å². The summed E-state index contributed by atoms with van der Waals surface area (Å²) in [5, 5.41) is 9.03. The first-order valence-corrected chi connectivity index (χ1v) is 12.1. The Balaban J connectivity index is 2.06. The maximum absolute atomic E-state index is 14.3. The number of nitrogens with one attached hydrogen (secondary N) is 3. The van der Waals surface area contributed by atoms with E-state index in [0.717, 1.165) is 29.8 Å². The van der Waals surface area contributed by atoms with E-state index in [9.17, 15) is 13.6 Å². The molecule has 3 N–H and O–H groups in total. The number of allylic oxidation sites excluding steroid dienone is 1. The number of aliphatic imine (C=N–C) groups is 1. The minimum absolute atomic E-state index is 0.0497. The van der Waals surface area contributed by atoms with Gasteiger partial charge in [-0.15, -0.1) is 0 Å². The van der Waals surface area contributed by atoms with Crippen LogP contribution in [0.1, 0.15) is 69.4 Å². The first-order valence-electron chi connectivity index (χ1n) is 12.1.